The number of nitrogens with one attached hydrogen (secondary N) is 1. The Labute approximate surface area is 121 Å². The van der Waals surface area contributed by atoms with Crippen molar-refractivity contribution < 1.29 is 4.39 Å². The highest BCUT2D eigenvalue weighted by Crippen LogP contribution is 2.27. The molecule has 0 radical (unpaired) electrons. The van der Waals surface area contributed by atoms with Crippen LogP contribution in [0.15, 0.2) is 35.1 Å². The molecular weight excluding hydrogens is 309 g/mol. The number of anilines is 1. The molecule has 1 aromatic carbocycles. The fraction of sp³-hybridized carbons (Fsp3) is 0.357. The number of halogens is 2. The molecule has 1 N–H and O–H groups in total. The van der Waals surface area contributed by atoms with Crippen molar-refractivity contribution in [2.45, 2.75) is 32.9 Å². The Bertz CT molecular complexity index is 566. The van der Waals surface area contributed by atoms with E-state index in [1.165, 1.54) is 12.1 Å². The highest BCUT2D eigenvalue weighted by Gasteiger charge is 2.11. The third-order valence-corrected chi connectivity index (χ3v) is 3.63. The minimum atomic E-state index is -0.240. The van der Waals surface area contributed by atoms with Crippen LogP contribution in [0.5, 0.6) is 0 Å². The van der Waals surface area contributed by atoms with E-state index in [0.717, 1.165) is 15.7 Å². The lowest BCUT2D eigenvalue weighted by molar-refractivity contribution is 0.532. The Morgan fingerprint density at radius 1 is 1.32 bits per heavy atom. The fourth-order valence-corrected chi connectivity index (χ4v) is 2.57. The normalized spacial score (nSPS) is 12.7. The zero-order valence-corrected chi connectivity index (χ0v) is 12.8. The highest BCUT2D eigenvalue weighted by atomic mass is 79.9. The van der Waals surface area contributed by atoms with Crippen LogP contribution in [0.4, 0.5) is 10.1 Å². The second-order valence-electron chi connectivity index (χ2n) is 4.83. The van der Waals surface area contributed by atoms with Crippen LogP contribution in [0.2, 0.25) is 0 Å². The van der Waals surface area contributed by atoms with Crippen LogP contribution in [0.1, 0.15) is 38.4 Å². The molecule has 2 rings (SSSR count). The fourth-order valence-electron chi connectivity index (χ4n) is 1.88. The van der Waals surface area contributed by atoms with E-state index >= 15 is 0 Å². The molecule has 0 aliphatic carbocycles. The predicted molar refractivity (Wildman–Crippen MR) is 78.7 cm³/mol. The van der Waals surface area contributed by atoms with Gasteiger partial charge in [-0.15, -0.1) is 0 Å². The quantitative estimate of drug-likeness (QED) is 0.894. The van der Waals surface area contributed by atoms with Gasteiger partial charge < -0.3 is 5.32 Å². The topological polar surface area (TPSA) is 29.9 Å². The van der Waals surface area contributed by atoms with Crippen LogP contribution >= 0.6 is 15.9 Å². The van der Waals surface area contributed by atoms with E-state index < -0.39 is 0 Å². The van der Waals surface area contributed by atoms with Crippen LogP contribution in [0.25, 0.3) is 0 Å². The Hall–Kier alpha value is -1.36. The molecule has 1 unspecified atom stereocenters. The number of hydrogen-bond acceptors (Lipinski definition) is 2. The molecule has 0 amide bonds. The molecule has 19 heavy (non-hydrogen) atoms. The second-order valence-corrected chi connectivity index (χ2v) is 5.69. The van der Waals surface area contributed by atoms with Crippen molar-refractivity contribution in [3.8, 4) is 0 Å². The van der Waals surface area contributed by atoms with Gasteiger partial charge in [0.05, 0.1) is 11.9 Å². The van der Waals surface area contributed by atoms with Gasteiger partial charge in [-0.1, -0.05) is 22.0 Å². The molecule has 0 saturated carbocycles. The molecule has 0 spiro atoms. The summed E-state index contributed by atoms with van der Waals surface area (Å²) >= 11 is 3.39. The summed E-state index contributed by atoms with van der Waals surface area (Å²) in [6, 6.07) is 5.13. The molecule has 0 bridgehead atoms. The van der Waals surface area contributed by atoms with Crippen molar-refractivity contribution in [2.24, 2.45) is 0 Å². The first-order valence-electron chi connectivity index (χ1n) is 6.23. The number of hydrogen-bond donors (Lipinski definition) is 1. The molecule has 3 nitrogen and oxygen atoms in total. The van der Waals surface area contributed by atoms with Crippen LogP contribution < -0.4 is 5.32 Å². The molecule has 2 aromatic rings. The standard InChI is InChI=1S/C14H17BrFN3/c1-9(2)19-8-12(7-17-19)18-10(3)13-5-4-11(16)6-14(13)15/h4-10,18H,1-3H3. The Morgan fingerprint density at radius 3 is 2.63 bits per heavy atom. The number of benzene rings is 1. The summed E-state index contributed by atoms with van der Waals surface area (Å²) < 4.78 is 15.7. The van der Waals surface area contributed by atoms with Gasteiger partial charge in [-0.2, -0.15) is 5.10 Å². The summed E-state index contributed by atoms with van der Waals surface area (Å²) in [5.41, 5.74) is 1.97. The lowest BCUT2D eigenvalue weighted by Crippen LogP contribution is -2.07. The molecule has 0 aliphatic rings. The smallest absolute Gasteiger partial charge is 0.124 e. The van der Waals surface area contributed by atoms with Gasteiger partial charge >= 0.3 is 0 Å². The van der Waals surface area contributed by atoms with Gasteiger partial charge in [-0.05, 0) is 38.5 Å². The van der Waals surface area contributed by atoms with Crippen LogP contribution in [-0.2, 0) is 0 Å². The van der Waals surface area contributed by atoms with Crippen molar-refractivity contribution in [1.29, 1.82) is 0 Å². The summed E-state index contributed by atoms with van der Waals surface area (Å²) in [6.07, 6.45) is 3.77. The maximum absolute atomic E-state index is 13.1. The van der Waals surface area contributed by atoms with E-state index in [9.17, 15) is 4.39 Å². The SMILES string of the molecule is CC(Nc1cnn(C(C)C)c1)c1ccc(F)cc1Br. The average Bonchev–Trinajstić information content (AvgIpc) is 2.77. The maximum atomic E-state index is 13.1. The molecule has 102 valence electrons. The zero-order chi connectivity index (χ0) is 14.0. The Morgan fingerprint density at radius 2 is 2.05 bits per heavy atom. The summed E-state index contributed by atoms with van der Waals surface area (Å²) in [6.45, 7) is 6.19. The zero-order valence-electron chi connectivity index (χ0n) is 11.2. The van der Waals surface area contributed by atoms with E-state index in [0.29, 0.717) is 6.04 Å². The second kappa shape index (κ2) is 5.74. The van der Waals surface area contributed by atoms with Crippen molar-refractivity contribution in [2.75, 3.05) is 5.32 Å². The van der Waals surface area contributed by atoms with E-state index in [-0.39, 0.29) is 11.9 Å². The predicted octanol–water partition coefficient (Wildman–Crippen LogP) is 4.54. The number of nitrogens with zero attached hydrogens (tertiary/aromatic N) is 2. The van der Waals surface area contributed by atoms with Crippen molar-refractivity contribution in [3.63, 3.8) is 0 Å². The summed E-state index contributed by atoms with van der Waals surface area (Å²) in [7, 11) is 0. The van der Waals surface area contributed by atoms with Crippen molar-refractivity contribution in [1.82, 2.24) is 9.78 Å². The van der Waals surface area contributed by atoms with Crippen molar-refractivity contribution in [3.05, 3.63) is 46.4 Å². The van der Waals surface area contributed by atoms with Crippen molar-refractivity contribution >= 4 is 21.6 Å². The average molecular weight is 326 g/mol. The maximum Gasteiger partial charge on any atom is 0.124 e. The minimum absolute atomic E-state index is 0.0692. The van der Waals surface area contributed by atoms with Gasteiger partial charge in [0, 0.05) is 22.8 Å². The van der Waals surface area contributed by atoms with Gasteiger partial charge in [-0.3, -0.25) is 4.68 Å². The third-order valence-electron chi connectivity index (χ3n) is 2.94. The third kappa shape index (κ3) is 3.35. The van der Waals surface area contributed by atoms with E-state index in [4.69, 9.17) is 0 Å². The van der Waals surface area contributed by atoms with Gasteiger partial charge in [0.2, 0.25) is 0 Å². The highest BCUT2D eigenvalue weighted by molar-refractivity contribution is 9.10. The summed E-state index contributed by atoms with van der Waals surface area (Å²) in [4.78, 5) is 0. The first-order valence-corrected chi connectivity index (χ1v) is 7.02. The number of rotatable bonds is 4. The van der Waals surface area contributed by atoms with E-state index in [1.807, 2.05) is 17.8 Å². The van der Waals surface area contributed by atoms with Gasteiger partial charge in [-0.25, -0.2) is 4.39 Å². The largest absolute Gasteiger partial charge is 0.376 e. The lowest BCUT2D eigenvalue weighted by atomic mass is 10.1. The van der Waals surface area contributed by atoms with Gasteiger partial charge in [0.15, 0.2) is 0 Å². The van der Waals surface area contributed by atoms with Crippen LogP contribution in [0, 0.1) is 5.82 Å². The first-order chi connectivity index (χ1) is 8.97. The molecule has 1 aromatic heterocycles. The molecule has 0 saturated heterocycles. The lowest BCUT2D eigenvalue weighted by Gasteiger charge is -2.15. The van der Waals surface area contributed by atoms with Crippen LogP contribution in [-0.4, -0.2) is 9.78 Å². The van der Waals surface area contributed by atoms with Gasteiger partial charge in [0.1, 0.15) is 5.82 Å². The molecule has 0 fully saturated rings. The summed E-state index contributed by atoms with van der Waals surface area (Å²) in [5.74, 6) is -0.240. The molecule has 5 heteroatoms. The Kier molecular flexibility index (Phi) is 4.24. The van der Waals surface area contributed by atoms with E-state index in [1.54, 1.807) is 12.3 Å². The van der Waals surface area contributed by atoms with Gasteiger partial charge in [0.25, 0.3) is 0 Å². The number of aromatic nitrogens is 2. The van der Waals surface area contributed by atoms with E-state index in [2.05, 4.69) is 40.2 Å². The molecule has 0 aliphatic heterocycles. The molecule has 1 atom stereocenters. The minimum Gasteiger partial charge on any atom is -0.376 e. The Balaban J connectivity index is 2.13. The first kappa shape index (κ1) is 14.1. The molecule has 1 heterocycles. The molecular formula is C14H17BrFN3. The van der Waals surface area contributed by atoms with Crippen LogP contribution in [0.3, 0.4) is 0 Å². The monoisotopic (exact) mass is 325 g/mol. The summed E-state index contributed by atoms with van der Waals surface area (Å²) in [5, 5.41) is 7.64.